The molecule has 4 nitrogen and oxygen atoms in total. The van der Waals surface area contributed by atoms with Crippen molar-refractivity contribution in [1.29, 1.82) is 0 Å². The summed E-state index contributed by atoms with van der Waals surface area (Å²) in [7, 11) is 1.74. The summed E-state index contributed by atoms with van der Waals surface area (Å²) in [5.74, 6) is 0.449. The fraction of sp³-hybridized carbons (Fsp3) is 0.571. The highest BCUT2D eigenvalue weighted by molar-refractivity contribution is 5.97. The normalized spacial score (nSPS) is 16.8. The van der Waals surface area contributed by atoms with Crippen LogP contribution in [0, 0.1) is 5.92 Å². The van der Waals surface area contributed by atoms with Crippen LogP contribution in [0.5, 0.6) is 0 Å². The number of carbonyl (C=O) groups excluding carboxylic acids is 1. The zero-order valence-electron chi connectivity index (χ0n) is 6.32. The maximum Gasteiger partial charge on any atom is 0.185 e. The van der Waals surface area contributed by atoms with E-state index in [0.29, 0.717) is 5.69 Å². The van der Waals surface area contributed by atoms with Crippen molar-refractivity contribution in [3.8, 4) is 0 Å². The summed E-state index contributed by atoms with van der Waals surface area (Å²) in [5.41, 5.74) is 0.632. The van der Waals surface area contributed by atoms with Gasteiger partial charge in [-0.2, -0.15) is 0 Å². The Kier molecular flexibility index (Phi) is 1.27. The van der Waals surface area contributed by atoms with E-state index in [1.165, 1.54) is 10.9 Å². The van der Waals surface area contributed by atoms with Gasteiger partial charge in [-0.05, 0) is 12.8 Å². The molecule has 0 aromatic carbocycles. The Hall–Kier alpha value is -1.19. The minimum atomic E-state index is 0.192. The van der Waals surface area contributed by atoms with Crippen LogP contribution in [-0.4, -0.2) is 20.8 Å². The first-order valence-corrected chi connectivity index (χ1v) is 3.68. The van der Waals surface area contributed by atoms with E-state index in [9.17, 15) is 4.79 Å². The molecule has 1 aromatic heterocycles. The Morgan fingerprint density at radius 3 is 2.91 bits per heavy atom. The Labute approximate surface area is 64.2 Å². The van der Waals surface area contributed by atoms with Gasteiger partial charge in [-0.25, -0.2) is 4.68 Å². The van der Waals surface area contributed by atoms with E-state index in [4.69, 9.17) is 0 Å². The monoisotopic (exact) mass is 151 g/mol. The highest BCUT2D eigenvalue weighted by atomic mass is 16.1. The number of carbonyl (C=O) groups is 1. The molecular formula is C7H9N3O. The number of ketones is 1. The molecule has 1 aliphatic carbocycles. The van der Waals surface area contributed by atoms with Crippen molar-refractivity contribution < 1.29 is 4.79 Å². The molecule has 58 valence electrons. The predicted octanol–water partition coefficient (Wildman–Crippen LogP) is 0.408. The molecular weight excluding hydrogens is 142 g/mol. The summed E-state index contributed by atoms with van der Waals surface area (Å²) >= 11 is 0. The number of hydrogen-bond acceptors (Lipinski definition) is 3. The van der Waals surface area contributed by atoms with Crippen molar-refractivity contribution >= 4 is 5.78 Å². The van der Waals surface area contributed by atoms with Gasteiger partial charge in [-0.1, -0.05) is 5.21 Å². The lowest BCUT2D eigenvalue weighted by Gasteiger charge is -1.95. The summed E-state index contributed by atoms with van der Waals surface area (Å²) in [4.78, 5) is 11.4. The SMILES string of the molecule is Cn1nncc1C(=O)C1CC1. The largest absolute Gasteiger partial charge is 0.292 e. The second-order valence-corrected chi connectivity index (χ2v) is 2.88. The molecule has 0 saturated heterocycles. The minimum Gasteiger partial charge on any atom is -0.292 e. The van der Waals surface area contributed by atoms with Gasteiger partial charge >= 0.3 is 0 Å². The standard InChI is InChI=1S/C7H9N3O/c1-10-6(4-8-9-10)7(11)5-2-3-5/h4-5H,2-3H2,1H3. The fourth-order valence-electron chi connectivity index (χ4n) is 1.07. The fourth-order valence-corrected chi connectivity index (χ4v) is 1.07. The van der Waals surface area contributed by atoms with Crippen molar-refractivity contribution in [1.82, 2.24) is 15.0 Å². The molecule has 0 aliphatic heterocycles. The van der Waals surface area contributed by atoms with E-state index in [2.05, 4.69) is 10.3 Å². The molecule has 0 N–H and O–H groups in total. The van der Waals surface area contributed by atoms with Crippen molar-refractivity contribution in [3.05, 3.63) is 11.9 Å². The number of hydrogen-bond donors (Lipinski definition) is 0. The third-order valence-electron chi connectivity index (χ3n) is 1.92. The van der Waals surface area contributed by atoms with E-state index in [0.717, 1.165) is 12.8 Å². The Balaban J connectivity index is 2.27. The molecule has 1 heterocycles. The molecule has 0 unspecified atom stereocenters. The maximum atomic E-state index is 11.4. The van der Waals surface area contributed by atoms with Gasteiger partial charge < -0.3 is 0 Å². The van der Waals surface area contributed by atoms with Gasteiger partial charge in [-0.3, -0.25) is 4.79 Å². The smallest absolute Gasteiger partial charge is 0.185 e. The molecule has 1 aliphatic rings. The first kappa shape index (κ1) is 6.52. The van der Waals surface area contributed by atoms with Crippen LogP contribution < -0.4 is 0 Å². The number of nitrogens with zero attached hydrogens (tertiary/aromatic N) is 3. The zero-order chi connectivity index (χ0) is 7.84. The number of aryl methyl sites for hydroxylation is 1. The number of rotatable bonds is 2. The Morgan fingerprint density at radius 1 is 1.73 bits per heavy atom. The van der Waals surface area contributed by atoms with Crippen LogP contribution in [-0.2, 0) is 7.05 Å². The van der Waals surface area contributed by atoms with Crippen LogP contribution in [0.25, 0.3) is 0 Å². The van der Waals surface area contributed by atoms with Gasteiger partial charge in [0.25, 0.3) is 0 Å². The third kappa shape index (κ3) is 1.04. The Morgan fingerprint density at radius 2 is 2.45 bits per heavy atom. The maximum absolute atomic E-state index is 11.4. The molecule has 2 rings (SSSR count). The van der Waals surface area contributed by atoms with Crippen LogP contribution in [0.2, 0.25) is 0 Å². The second-order valence-electron chi connectivity index (χ2n) is 2.88. The number of aromatic nitrogens is 3. The van der Waals surface area contributed by atoms with E-state index in [1.54, 1.807) is 7.05 Å². The molecule has 1 saturated carbocycles. The van der Waals surface area contributed by atoms with Crippen molar-refractivity contribution in [2.45, 2.75) is 12.8 Å². The van der Waals surface area contributed by atoms with Gasteiger partial charge in [0.1, 0.15) is 5.69 Å². The van der Waals surface area contributed by atoms with Gasteiger partial charge in [0, 0.05) is 13.0 Å². The molecule has 0 bridgehead atoms. The van der Waals surface area contributed by atoms with Gasteiger partial charge in [-0.15, -0.1) is 5.10 Å². The van der Waals surface area contributed by atoms with Gasteiger partial charge in [0.15, 0.2) is 5.78 Å². The lowest BCUT2D eigenvalue weighted by molar-refractivity contribution is 0.0958. The average Bonchev–Trinajstić information content (AvgIpc) is 2.74. The van der Waals surface area contributed by atoms with Crippen LogP contribution in [0.4, 0.5) is 0 Å². The van der Waals surface area contributed by atoms with E-state index < -0.39 is 0 Å². The highest BCUT2D eigenvalue weighted by Crippen LogP contribution is 2.31. The molecule has 1 aromatic rings. The van der Waals surface area contributed by atoms with Crippen molar-refractivity contribution in [2.24, 2.45) is 13.0 Å². The summed E-state index contributed by atoms with van der Waals surface area (Å²) in [6.45, 7) is 0. The molecule has 11 heavy (non-hydrogen) atoms. The predicted molar refractivity (Wildman–Crippen MR) is 38.1 cm³/mol. The number of Topliss-reactive ketones (excluding diaryl/α,β-unsaturated/α-hetero) is 1. The van der Waals surface area contributed by atoms with Crippen LogP contribution in [0.3, 0.4) is 0 Å². The van der Waals surface area contributed by atoms with E-state index in [1.807, 2.05) is 0 Å². The summed E-state index contributed by atoms with van der Waals surface area (Å²) in [5, 5.41) is 7.34. The summed E-state index contributed by atoms with van der Waals surface area (Å²) in [6.07, 6.45) is 3.59. The average molecular weight is 151 g/mol. The first-order valence-electron chi connectivity index (χ1n) is 3.68. The highest BCUT2D eigenvalue weighted by Gasteiger charge is 2.32. The lowest BCUT2D eigenvalue weighted by atomic mass is 10.2. The summed E-state index contributed by atoms with van der Waals surface area (Å²) in [6, 6.07) is 0. The zero-order valence-corrected chi connectivity index (χ0v) is 6.32. The molecule has 1 fully saturated rings. The molecule has 0 radical (unpaired) electrons. The van der Waals surface area contributed by atoms with Crippen molar-refractivity contribution in [2.75, 3.05) is 0 Å². The van der Waals surface area contributed by atoms with Gasteiger partial charge in [0.2, 0.25) is 0 Å². The lowest BCUT2D eigenvalue weighted by Crippen LogP contribution is -2.08. The van der Waals surface area contributed by atoms with E-state index in [-0.39, 0.29) is 11.7 Å². The van der Waals surface area contributed by atoms with Crippen LogP contribution in [0.1, 0.15) is 23.3 Å². The first-order chi connectivity index (χ1) is 5.29. The second kappa shape index (κ2) is 2.15. The van der Waals surface area contributed by atoms with Crippen LogP contribution in [0.15, 0.2) is 6.20 Å². The van der Waals surface area contributed by atoms with Crippen molar-refractivity contribution in [3.63, 3.8) is 0 Å². The minimum absolute atomic E-state index is 0.192. The van der Waals surface area contributed by atoms with Gasteiger partial charge in [0.05, 0.1) is 6.20 Å². The third-order valence-corrected chi connectivity index (χ3v) is 1.92. The van der Waals surface area contributed by atoms with Crippen LogP contribution >= 0.6 is 0 Å². The molecule has 0 amide bonds. The molecule has 0 spiro atoms. The molecule has 0 atom stereocenters. The topological polar surface area (TPSA) is 47.8 Å². The Bertz CT molecular complexity index is 288. The quantitative estimate of drug-likeness (QED) is 0.575. The summed E-state index contributed by atoms with van der Waals surface area (Å²) < 4.78 is 1.53. The molecule has 4 heteroatoms. The van der Waals surface area contributed by atoms with E-state index >= 15 is 0 Å².